The van der Waals surface area contributed by atoms with Gasteiger partial charge >= 0.3 is 0 Å². The maximum absolute atomic E-state index is 13.1. The van der Waals surface area contributed by atoms with Crippen LogP contribution in [0.2, 0.25) is 0 Å². The van der Waals surface area contributed by atoms with Gasteiger partial charge in [-0.05, 0) is 47.7 Å². The minimum Gasteiger partial charge on any atom is -0.497 e. The zero-order chi connectivity index (χ0) is 22.3. The lowest BCUT2D eigenvalue weighted by Crippen LogP contribution is -2.27. The average molecular weight is 466 g/mol. The van der Waals surface area contributed by atoms with E-state index in [-0.39, 0.29) is 17.2 Å². The van der Waals surface area contributed by atoms with Gasteiger partial charge in [0.25, 0.3) is 5.56 Å². The molecule has 1 amide bonds. The van der Waals surface area contributed by atoms with Crippen LogP contribution in [-0.2, 0) is 24.3 Å². The summed E-state index contributed by atoms with van der Waals surface area (Å²) < 4.78 is 6.84. The van der Waals surface area contributed by atoms with Gasteiger partial charge in [-0.1, -0.05) is 42.1 Å². The van der Waals surface area contributed by atoms with Gasteiger partial charge in [0, 0.05) is 18.0 Å². The molecule has 6 nitrogen and oxygen atoms in total. The Hall–Kier alpha value is -3.10. The monoisotopic (exact) mass is 465 g/mol. The summed E-state index contributed by atoms with van der Waals surface area (Å²) in [5.74, 6) is 0.844. The smallest absolute Gasteiger partial charge is 0.262 e. The third-order valence-corrected chi connectivity index (χ3v) is 6.88. The fourth-order valence-corrected chi connectivity index (χ4v) is 4.81. The molecule has 0 saturated heterocycles. The standard InChI is InChI=1S/C24H23N3O3S2/c1-30-18-10-8-17(9-11-18)15-25-22(28)16-32-24-26-21-7-3-2-6-20(21)23(29)27(24)13-12-19-5-4-14-31-19/h2-11,14H,12-13,15-16H2,1H3,(H,25,28). The number of thioether (sulfide) groups is 1. The summed E-state index contributed by atoms with van der Waals surface area (Å²) in [5.41, 5.74) is 1.56. The highest BCUT2D eigenvalue weighted by molar-refractivity contribution is 7.99. The molecule has 2 aromatic carbocycles. The molecule has 2 aromatic heterocycles. The van der Waals surface area contributed by atoms with Crippen LogP contribution in [0.15, 0.2) is 76.0 Å². The van der Waals surface area contributed by atoms with E-state index in [1.54, 1.807) is 29.1 Å². The number of benzene rings is 2. The Balaban J connectivity index is 1.46. The number of hydrogen-bond donors (Lipinski definition) is 1. The normalized spacial score (nSPS) is 10.9. The minimum atomic E-state index is -0.113. The summed E-state index contributed by atoms with van der Waals surface area (Å²) in [6, 6.07) is 18.9. The number of para-hydroxylation sites is 1. The molecule has 0 aliphatic carbocycles. The number of fused-ring (bicyclic) bond motifs is 1. The third kappa shape index (κ3) is 5.38. The Morgan fingerprint density at radius 2 is 1.94 bits per heavy atom. The lowest BCUT2D eigenvalue weighted by Gasteiger charge is -2.13. The number of amides is 1. The first kappa shape index (κ1) is 22.1. The number of rotatable bonds is 9. The Morgan fingerprint density at radius 1 is 1.12 bits per heavy atom. The van der Waals surface area contributed by atoms with Crippen molar-refractivity contribution in [2.24, 2.45) is 0 Å². The van der Waals surface area contributed by atoms with Gasteiger partial charge in [0.15, 0.2) is 5.16 Å². The van der Waals surface area contributed by atoms with Crippen LogP contribution in [0.4, 0.5) is 0 Å². The predicted octanol–water partition coefficient (Wildman–Crippen LogP) is 4.12. The Bertz CT molecular complexity index is 1250. The van der Waals surface area contributed by atoms with Gasteiger partial charge < -0.3 is 10.1 Å². The SMILES string of the molecule is COc1ccc(CNC(=O)CSc2nc3ccccc3c(=O)n2CCc2cccs2)cc1. The van der Waals surface area contributed by atoms with Gasteiger partial charge in [0.05, 0.1) is 23.8 Å². The number of nitrogens with one attached hydrogen (secondary N) is 1. The molecule has 0 unspecified atom stereocenters. The highest BCUT2D eigenvalue weighted by atomic mass is 32.2. The van der Waals surface area contributed by atoms with E-state index in [2.05, 4.69) is 16.4 Å². The van der Waals surface area contributed by atoms with Gasteiger partial charge in [-0.2, -0.15) is 0 Å². The van der Waals surface area contributed by atoms with E-state index in [0.29, 0.717) is 29.1 Å². The summed E-state index contributed by atoms with van der Waals surface area (Å²) in [5, 5.41) is 6.10. The first-order valence-corrected chi connectivity index (χ1v) is 12.0. The number of carbonyl (C=O) groups excluding carboxylic acids is 1. The summed E-state index contributed by atoms with van der Waals surface area (Å²) in [6.07, 6.45) is 0.745. The molecule has 0 spiro atoms. The van der Waals surface area contributed by atoms with Crippen LogP contribution in [0, 0.1) is 0 Å². The molecule has 4 rings (SSSR count). The second-order valence-electron chi connectivity index (χ2n) is 7.11. The zero-order valence-electron chi connectivity index (χ0n) is 17.6. The Kier molecular flexibility index (Phi) is 7.24. The maximum atomic E-state index is 13.1. The van der Waals surface area contributed by atoms with Crippen LogP contribution in [0.3, 0.4) is 0 Å². The van der Waals surface area contributed by atoms with E-state index in [4.69, 9.17) is 4.74 Å². The van der Waals surface area contributed by atoms with Crippen molar-refractivity contribution in [3.8, 4) is 5.75 Å². The second-order valence-corrected chi connectivity index (χ2v) is 9.09. The van der Waals surface area contributed by atoms with Crippen molar-refractivity contribution < 1.29 is 9.53 Å². The molecule has 164 valence electrons. The van der Waals surface area contributed by atoms with E-state index in [1.807, 2.05) is 53.9 Å². The summed E-state index contributed by atoms with van der Waals surface area (Å²) in [6.45, 7) is 0.951. The average Bonchev–Trinajstić information content (AvgIpc) is 3.35. The van der Waals surface area contributed by atoms with Crippen molar-refractivity contribution in [2.45, 2.75) is 24.7 Å². The van der Waals surface area contributed by atoms with E-state index >= 15 is 0 Å². The van der Waals surface area contributed by atoms with Crippen molar-refractivity contribution in [3.05, 3.63) is 86.8 Å². The quantitative estimate of drug-likeness (QED) is 0.297. The van der Waals surface area contributed by atoms with Crippen molar-refractivity contribution in [3.63, 3.8) is 0 Å². The zero-order valence-corrected chi connectivity index (χ0v) is 19.2. The van der Waals surface area contributed by atoms with E-state index < -0.39 is 0 Å². The van der Waals surface area contributed by atoms with E-state index in [9.17, 15) is 9.59 Å². The molecule has 0 bridgehead atoms. The summed E-state index contributed by atoms with van der Waals surface area (Å²) >= 11 is 2.95. The van der Waals surface area contributed by atoms with Crippen LogP contribution < -0.4 is 15.6 Å². The lowest BCUT2D eigenvalue weighted by atomic mass is 10.2. The van der Waals surface area contributed by atoms with Gasteiger partial charge in [0.2, 0.25) is 5.91 Å². The molecular weight excluding hydrogens is 442 g/mol. The van der Waals surface area contributed by atoms with Gasteiger partial charge in [-0.15, -0.1) is 11.3 Å². The van der Waals surface area contributed by atoms with Crippen LogP contribution in [0.5, 0.6) is 5.75 Å². The van der Waals surface area contributed by atoms with Crippen LogP contribution >= 0.6 is 23.1 Å². The summed E-state index contributed by atoms with van der Waals surface area (Å²) in [4.78, 5) is 31.5. The molecule has 0 saturated carbocycles. The fraction of sp³-hybridized carbons (Fsp3) is 0.208. The minimum absolute atomic E-state index is 0.0757. The number of carbonyl (C=O) groups is 1. The van der Waals surface area contributed by atoms with Gasteiger partial charge in [-0.3, -0.25) is 14.2 Å². The van der Waals surface area contributed by atoms with E-state index in [0.717, 1.165) is 17.7 Å². The largest absolute Gasteiger partial charge is 0.497 e. The van der Waals surface area contributed by atoms with Crippen molar-refractivity contribution in [1.29, 1.82) is 0 Å². The molecule has 32 heavy (non-hydrogen) atoms. The highest BCUT2D eigenvalue weighted by Gasteiger charge is 2.13. The van der Waals surface area contributed by atoms with Crippen molar-refractivity contribution >= 4 is 39.9 Å². The molecule has 0 aliphatic rings. The number of hydrogen-bond acceptors (Lipinski definition) is 6. The van der Waals surface area contributed by atoms with E-state index in [1.165, 1.54) is 16.6 Å². The molecule has 0 radical (unpaired) electrons. The van der Waals surface area contributed by atoms with Crippen LogP contribution in [0.1, 0.15) is 10.4 Å². The number of ether oxygens (including phenoxy) is 1. The van der Waals surface area contributed by atoms with Gasteiger partial charge in [0.1, 0.15) is 5.75 Å². The van der Waals surface area contributed by atoms with Gasteiger partial charge in [-0.25, -0.2) is 4.98 Å². The topological polar surface area (TPSA) is 73.2 Å². The number of methoxy groups -OCH3 is 1. The van der Waals surface area contributed by atoms with Crippen molar-refractivity contribution in [2.75, 3.05) is 12.9 Å². The van der Waals surface area contributed by atoms with Crippen LogP contribution in [0.25, 0.3) is 10.9 Å². The lowest BCUT2D eigenvalue weighted by molar-refractivity contribution is -0.118. The molecule has 4 aromatic rings. The molecule has 8 heteroatoms. The molecule has 0 fully saturated rings. The molecule has 2 heterocycles. The Morgan fingerprint density at radius 3 is 2.69 bits per heavy atom. The Labute approximate surface area is 194 Å². The second kappa shape index (κ2) is 10.5. The molecule has 0 aliphatic heterocycles. The first-order chi connectivity index (χ1) is 15.6. The first-order valence-electron chi connectivity index (χ1n) is 10.2. The number of thiophene rings is 1. The third-order valence-electron chi connectivity index (χ3n) is 4.97. The fourth-order valence-electron chi connectivity index (χ4n) is 3.26. The van der Waals surface area contributed by atoms with Crippen molar-refractivity contribution in [1.82, 2.24) is 14.9 Å². The predicted molar refractivity (Wildman–Crippen MR) is 130 cm³/mol. The number of aromatic nitrogens is 2. The number of aryl methyl sites for hydroxylation is 1. The molecule has 1 N–H and O–H groups in total. The maximum Gasteiger partial charge on any atom is 0.262 e. The molecule has 0 atom stereocenters. The highest BCUT2D eigenvalue weighted by Crippen LogP contribution is 2.19. The molecular formula is C24H23N3O3S2. The van der Waals surface area contributed by atoms with Crippen LogP contribution in [-0.4, -0.2) is 28.3 Å². The summed E-state index contributed by atoms with van der Waals surface area (Å²) in [7, 11) is 1.62. The number of nitrogens with zero attached hydrogens (tertiary/aromatic N) is 2.